The third-order valence-corrected chi connectivity index (χ3v) is 4.62. The molecule has 2 rings (SSSR count). The van der Waals surface area contributed by atoms with Crippen LogP contribution in [0.2, 0.25) is 0 Å². The highest BCUT2D eigenvalue weighted by Gasteiger charge is 2.18. The summed E-state index contributed by atoms with van der Waals surface area (Å²) in [7, 11) is 1.91. The summed E-state index contributed by atoms with van der Waals surface area (Å²) in [5.74, 6) is 0.349. The second kappa shape index (κ2) is 10.0. The molecule has 144 valence electrons. The Hall–Kier alpha value is -2.46. The molecule has 27 heavy (non-hydrogen) atoms. The van der Waals surface area contributed by atoms with Gasteiger partial charge in [0.15, 0.2) is 5.78 Å². The highest BCUT2D eigenvalue weighted by Crippen LogP contribution is 2.15. The molecule has 1 amide bonds. The van der Waals surface area contributed by atoms with Gasteiger partial charge in [0.25, 0.3) is 0 Å². The number of hydrogen-bond acceptors (Lipinski definition) is 3. The van der Waals surface area contributed by atoms with E-state index in [1.807, 2.05) is 42.3 Å². The van der Waals surface area contributed by atoms with Crippen molar-refractivity contribution >= 4 is 11.7 Å². The number of rotatable bonds is 9. The van der Waals surface area contributed by atoms with Gasteiger partial charge in [0.1, 0.15) is 0 Å². The molecule has 0 aliphatic rings. The van der Waals surface area contributed by atoms with E-state index in [-0.39, 0.29) is 18.2 Å². The van der Waals surface area contributed by atoms with Crippen LogP contribution in [0.3, 0.4) is 0 Å². The van der Waals surface area contributed by atoms with E-state index < -0.39 is 6.04 Å². The van der Waals surface area contributed by atoms with E-state index in [1.54, 1.807) is 0 Å². The van der Waals surface area contributed by atoms with Gasteiger partial charge in [0, 0.05) is 6.54 Å². The minimum Gasteiger partial charge on any atom is -0.345 e. The Morgan fingerprint density at radius 1 is 0.963 bits per heavy atom. The molecule has 0 aliphatic carbocycles. The van der Waals surface area contributed by atoms with E-state index in [0.29, 0.717) is 18.9 Å². The summed E-state index contributed by atoms with van der Waals surface area (Å²) < 4.78 is 0. The first-order valence-corrected chi connectivity index (χ1v) is 9.46. The van der Waals surface area contributed by atoms with Gasteiger partial charge in [-0.2, -0.15) is 0 Å². The lowest BCUT2D eigenvalue weighted by Crippen LogP contribution is -2.45. The Bertz CT molecular complexity index is 739. The number of benzene rings is 2. The van der Waals surface area contributed by atoms with Crippen LogP contribution in [0.15, 0.2) is 54.6 Å². The first kappa shape index (κ1) is 20.8. The van der Waals surface area contributed by atoms with Crippen molar-refractivity contribution in [1.82, 2.24) is 10.2 Å². The zero-order chi connectivity index (χ0) is 19.8. The lowest BCUT2D eigenvalue weighted by atomic mass is 10.0. The number of likely N-dealkylation sites (N-methyl/N-ethyl adjacent to an activating group) is 1. The van der Waals surface area contributed by atoms with Gasteiger partial charge < -0.3 is 5.32 Å². The molecule has 0 spiro atoms. The Morgan fingerprint density at radius 3 is 2.15 bits per heavy atom. The average Bonchev–Trinajstić information content (AvgIpc) is 2.62. The van der Waals surface area contributed by atoms with Gasteiger partial charge in [-0.1, -0.05) is 68.4 Å². The molecule has 4 heteroatoms. The van der Waals surface area contributed by atoms with Gasteiger partial charge in [-0.25, -0.2) is 0 Å². The molecule has 0 unspecified atom stereocenters. The van der Waals surface area contributed by atoms with Gasteiger partial charge >= 0.3 is 0 Å². The summed E-state index contributed by atoms with van der Waals surface area (Å²) in [6.07, 6.45) is 0.516. The fourth-order valence-electron chi connectivity index (χ4n) is 3.01. The van der Waals surface area contributed by atoms with Crippen molar-refractivity contribution in [3.63, 3.8) is 0 Å². The van der Waals surface area contributed by atoms with Gasteiger partial charge in [-0.15, -0.1) is 0 Å². The van der Waals surface area contributed by atoms with E-state index in [1.165, 1.54) is 18.1 Å². The van der Waals surface area contributed by atoms with Gasteiger partial charge in [-0.05, 0) is 43.0 Å². The van der Waals surface area contributed by atoms with Crippen LogP contribution in [-0.4, -0.2) is 36.2 Å². The Kier molecular flexibility index (Phi) is 7.74. The van der Waals surface area contributed by atoms with Gasteiger partial charge in [-0.3, -0.25) is 14.5 Å². The number of carbonyl (C=O) groups is 2. The van der Waals surface area contributed by atoms with Crippen molar-refractivity contribution in [2.75, 3.05) is 13.6 Å². The van der Waals surface area contributed by atoms with Crippen molar-refractivity contribution < 1.29 is 9.59 Å². The maximum Gasteiger partial charge on any atom is 0.234 e. The minimum absolute atomic E-state index is 0.0286. The van der Waals surface area contributed by atoms with Crippen molar-refractivity contribution in [3.8, 4) is 0 Å². The molecular weight excluding hydrogens is 336 g/mol. The summed E-state index contributed by atoms with van der Waals surface area (Å²) >= 11 is 0. The maximum absolute atomic E-state index is 12.4. The molecule has 1 atom stereocenters. The Labute approximate surface area is 162 Å². The molecule has 0 fully saturated rings. The highest BCUT2D eigenvalue weighted by molar-refractivity contribution is 5.88. The van der Waals surface area contributed by atoms with Crippen LogP contribution in [-0.2, 0) is 22.6 Å². The molecule has 2 aromatic carbocycles. The van der Waals surface area contributed by atoms with Crippen LogP contribution in [0, 0.1) is 0 Å². The number of ketones is 1. The van der Waals surface area contributed by atoms with Crippen LogP contribution in [0.5, 0.6) is 0 Å². The highest BCUT2D eigenvalue weighted by atomic mass is 16.2. The number of amides is 1. The van der Waals surface area contributed by atoms with E-state index in [9.17, 15) is 9.59 Å². The topological polar surface area (TPSA) is 49.4 Å². The zero-order valence-corrected chi connectivity index (χ0v) is 16.7. The fourth-order valence-corrected chi connectivity index (χ4v) is 3.01. The first-order valence-electron chi connectivity index (χ1n) is 9.46. The molecule has 2 aromatic rings. The summed E-state index contributed by atoms with van der Waals surface area (Å²) in [4.78, 5) is 26.3. The largest absolute Gasteiger partial charge is 0.345 e. The monoisotopic (exact) mass is 366 g/mol. The first-order chi connectivity index (χ1) is 12.8. The minimum atomic E-state index is -0.487. The van der Waals surface area contributed by atoms with Crippen molar-refractivity contribution in [2.24, 2.45) is 0 Å². The summed E-state index contributed by atoms with van der Waals surface area (Å²) in [5, 5.41) is 2.88. The van der Waals surface area contributed by atoms with E-state index in [2.05, 4.69) is 43.4 Å². The number of carbonyl (C=O) groups excluding carboxylic acids is 2. The fraction of sp³-hybridized carbons (Fsp3) is 0.391. The summed E-state index contributed by atoms with van der Waals surface area (Å²) in [6, 6.07) is 17.8. The smallest absolute Gasteiger partial charge is 0.234 e. The lowest BCUT2D eigenvalue weighted by molar-refractivity contribution is -0.127. The molecule has 4 nitrogen and oxygen atoms in total. The van der Waals surface area contributed by atoms with Crippen LogP contribution >= 0.6 is 0 Å². The lowest BCUT2D eigenvalue weighted by Gasteiger charge is -2.20. The predicted octanol–water partition coefficient (Wildman–Crippen LogP) is 3.56. The second-order valence-electron chi connectivity index (χ2n) is 7.49. The molecule has 1 N–H and O–H groups in total. The third kappa shape index (κ3) is 6.99. The van der Waals surface area contributed by atoms with E-state index in [4.69, 9.17) is 0 Å². The summed E-state index contributed by atoms with van der Waals surface area (Å²) in [5.41, 5.74) is 3.52. The number of nitrogens with one attached hydrogen (secondary N) is 1. The van der Waals surface area contributed by atoms with Crippen LogP contribution in [0.1, 0.15) is 43.4 Å². The summed E-state index contributed by atoms with van der Waals surface area (Å²) in [6.45, 7) is 6.81. The van der Waals surface area contributed by atoms with E-state index >= 15 is 0 Å². The van der Waals surface area contributed by atoms with Gasteiger partial charge in [0.05, 0.1) is 12.6 Å². The molecular formula is C23H30N2O2. The van der Waals surface area contributed by atoms with Crippen molar-refractivity contribution in [1.29, 1.82) is 0 Å². The molecule has 0 aliphatic heterocycles. The average molecular weight is 367 g/mol. The van der Waals surface area contributed by atoms with Crippen LogP contribution in [0.4, 0.5) is 0 Å². The number of Topliss-reactive ketones (excluding diaryl/α,β-unsaturated/α-hetero) is 1. The van der Waals surface area contributed by atoms with Crippen molar-refractivity contribution in [3.05, 3.63) is 71.3 Å². The zero-order valence-electron chi connectivity index (χ0n) is 16.7. The Balaban J connectivity index is 1.87. The van der Waals surface area contributed by atoms with Crippen LogP contribution in [0.25, 0.3) is 0 Å². The Morgan fingerprint density at radius 2 is 1.59 bits per heavy atom. The standard InChI is InChI=1S/C23H30N2O2/c1-17(2)21-12-10-20(11-13-21)15-25(4)16-23(27)24-22(18(3)26)14-19-8-6-5-7-9-19/h5-13,17,22H,14-16H2,1-4H3,(H,24,27)/t22-/m0/s1. The molecule has 0 saturated heterocycles. The number of hydrogen-bond donors (Lipinski definition) is 1. The molecule has 0 radical (unpaired) electrons. The normalized spacial score (nSPS) is 12.2. The van der Waals surface area contributed by atoms with E-state index in [0.717, 1.165) is 5.56 Å². The van der Waals surface area contributed by atoms with Crippen LogP contribution < -0.4 is 5.32 Å². The molecule has 0 bridgehead atoms. The maximum atomic E-state index is 12.4. The van der Waals surface area contributed by atoms with Crippen molar-refractivity contribution in [2.45, 2.75) is 45.7 Å². The number of nitrogens with zero attached hydrogens (tertiary/aromatic N) is 1. The van der Waals surface area contributed by atoms with Gasteiger partial charge in [0.2, 0.25) is 5.91 Å². The third-order valence-electron chi connectivity index (χ3n) is 4.62. The molecule has 0 heterocycles. The predicted molar refractivity (Wildman–Crippen MR) is 110 cm³/mol. The molecule has 0 saturated carbocycles. The second-order valence-corrected chi connectivity index (χ2v) is 7.49. The SMILES string of the molecule is CC(=O)[C@H](Cc1ccccc1)NC(=O)CN(C)Cc1ccc(C(C)C)cc1. The molecule has 0 aromatic heterocycles. The quantitative estimate of drug-likeness (QED) is 0.738.